The van der Waals surface area contributed by atoms with Crippen molar-refractivity contribution in [2.45, 2.75) is 44.0 Å². The minimum Gasteiger partial charge on any atom is -0.392 e. The second-order valence-electron chi connectivity index (χ2n) is 5.90. The number of rotatable bonds is 4. The topological polar surface area (TPSA) is 20.2 Å². The van der Waals surface area contributed by atoms with Gasteiger partial charge in [-0.15, -0.1) is 11.4 Å². The van der Waals surface area contributed by atoms with Gasteiger partial charge in [-0.05, 0) is 44.3 Å². The maximum Gasteiger partial charge on any atom is 0.0693 e. The predicted molar refractivity (Wildman–Crippen MR) is 95.9 cm³/mol. The van der Waals surface area contributed by atoms with Crippen LogP contribution in [0.2, 0.25) is 0 Å². The molecule has 0 aromatic heterocycles. The summed E-state index contributed by atoms with van der Waals surface area (Å²) in [7, 11) is 0. The highest BCUT2D eigenvalue weighted by atomic mass is 32.9. The Hall–Kier alpha value is -0.0800. The van der Waals surface area contributed by atoms with E-state index in [0.29, 0.717) is 5.92 Å². The SMILES string of the molecule is C=C(C)[C@@H]1CC[C@](C)(S[PH](=S)c2ccccc2)[C@@H](O)C1. The molecule has 4 atom stereocenters. The fourth-order valence-corrected chi connectivity index (χ4v) is 9.00. The molecule has 1 aromatic rings. The van der Waals surface area contributed by atoms with Crippen molar-refractivity contribution in [1.29, 1.82) is 0 Å². The standard InChI is InChI=1S/C16H23OPS2/c1-12(2)13-9-10-16(3,15(17)11-13)20-18(19)14-7-5-4-6-8-14/h4-8,13,15,17-18H,1,9-11H2,2-3H3/t13-,15+,16+/m1/s1. The zero-order chi connectivity index (χ0) is 14.8. The predicted octanol–water partition coefficient (Wildman–Crippen LogP) is 4.13. The molecule has 1 nitrogen and oxygen atoms in total. The number of hydrogen-bond acceptors (Lipinski definition) is 3. The van der Waals surface area contributed by atoms with E-state index in [1.165, 1.54) is 10.9 Å². The van der Waals surface area contributed by atoms with E-state index < -0.39 is 5.90 Å². The smallest absolute Gasteiger partial charge is 0.0693 e. The fourth-order valence-electron chi connectivity index (χ4n) is 2.68. The molecule has 1 unspecified atom stereocenters. The van der Waals surface area contributed by atoms with Gasteiger partial charge in [-0.2, -0.15) is 0 Å². The highest BCUT2D eigenvalue weighted by Crippen LogP contribution is 2.53. The van der Waals surface area contributed by atoms with E-state index >= 15 is 0 Å². The first kappa shape index (κ1) is 16.3. The third-order valence-electron chi connectivity index (χ3n) is 4.23. The Bertz CT molecular complexity index is 502. The molecule has 1 aliphatic rings. The van der Waals surface area contributed by atoms with Crippen LogP contribution in [0.3, 0.4) is 0 Å². The molecular weight excluding hydrogens is 303 g/mol. The van der Waals surface area contributed by atoms with Crippen molar-refractivity contribution >= 4 is 34.4 Å². The van der Waals surface area contributed by atoms with Crippen molar-refractivity contribution in [3.8, 4) is 0 Å². The molecule has 0 bridgehead atoms. The molecule has 0 aliphatic heterocycles. The van der Waals surface area contributed by atoms with Gasteiger partial charge in [-0.1, -0.05) is 54.3 Å². The van der Waals surface area contributed by atoms with Gasteiger partial charge in [0.2, 0.25) is 0 Å². The van der Waals surface area contributed by atoms with E-state index in [-0.39, 0.29) is 10.9 Å². The third-order valence-corrected chi connectivity index (χ3v) is 10.3. The van der Waals surface area contributed by atoms with Gasteiger partial charge in [0.05, 0.1) is 6.10 Å². The summed E-state index contributed by atoms with van der Waals surface area (Å²) in [5, 5.41) is 11.8. The quantitative estimate of drug-likeness (QED) is 0.663. The van der Waals surface area contributed by atoms with E-state index in [1.54, 1.807) is 0 Å². The molecule has 1 saturated carbocycles. The van der Waals surface area contributed by atoms with Crippen molar-refractivity contribution in [2.24, 2.45) is 5.92 Å². The van der Waals surface area contributed by atoms with Crippen molar-refractivity contribution in [1.82, 2.24) is 0 Å². The molecule has 1 N–H and O–H groups in total. The summed E-state index contributed by atoms with van der Waals surface area (Å²) in [6.07, 6.45) is 2.69. The largest absolute Gasteiger partial charge is 0.392 e. The maximum atomic E-state index is 10.6. The summed E-state index contributed by atoms with van der Waals surface area (Å²) >= 11 is 7.56. The number of allylic oxidation sites excluding steroid dienone is 1. The Balaban J connectivity index is 2.05. The molecule has 110 valence electrons. The minimum absolute atomic E-state index is 0.0994. The Labute approximate surface area is 132 Å². The lowest BCUT2D eigenvalue weighted by Gasteiger charge is -2.41. The highest BCUT2D eigenvalue weighted by Gasteiger charge is 2.40. The first-order valence-electron chi connectivity index (χ1n) is 7.04. The van der Waals surface area contributed by atoms with Crippen molar-refractivity contribution in [3.05, 3.63) is 42.5 Å². The second-order valence-corrected chi connectivity index (χ2v) is 12.0. The van der Waals surface area contributed by atoms with Crippen LogP contribution in [0.1, 0.15) is 33.1 Å². The molecule has 4 heteroatoms. The average Bonchev–Trinajstić information content (AvgIpc) is 2.42. The summed E-state index contributed by atoms with van der Waals surface area (Å²) in [4.78, 5) is 0. The summed E-state index contributed by atoms with van der Waals surface area (Å²) in [6, 6.07) is 10.3. The van der Waals surface area contributed by atoms with Crippen molar-refractivity contribution in [2.75, 3.05) is 0 Å². The van der Waals surface area contributed by atoms with Crippen LogP contribution < -0.4 is 5.30 Å². The first-order chi connectivity index (χ1) is 9.42. The van der Waals surface area contributed by atoms with Gasteiger partial charge >= 0.3 is 0 Å². The molecule has 0 heterocycles. The molecule has 0 saturated heterocycles. The molecule has 0 radical (unpaired) electrons. The number of aliphatic hydroxyl groups is 1. The summed E-state index contributed by atoms with van der Waals surface area (Å²) in [5.41, 5.74) is 1.20. The van der Waals surface area contributed by atoms with Gasteiger partial charge in [0.25, 0.3) is 0 Å². The van der Waals surface area contributed by atoms with Crippen molar-refractivity contribution in [3.63, 3.8) is 0 Å². The molecule has 0 amide bonds. The lowest BCUT2D eigenvalue weighted by atomic mass is 9.77. The van der Waals surface area contributed by atoms with Gasteiger partial charge < -0.3 is 5.11 Å². The first-order valence-corrected chi connectivity index (χ1v) is 11.2. The number of benzene rings is 1. The van der Waals surface area contributed by atoms with E-state index in [1.807, 2.05) is 29.6 Å². The van der Waals surface area contributed by atoms with Gasteiger partial charge in [-0.3, -0.25) is 0 Å². The monoisotopic (exact) mass is 326 g/mol. The third kappa shape index (κ3) is 3.76. The van der Waals surface area contributed by atoms with Gasteiger partial charge in [0.15, 0.2) is 0 Å². The van der Waals surface area contributed by atoms with E-state index in [9.17, 15) is 5.11 Å². The normalized spacial score (nSPS) is 31.8. The van der Waals surface area contributed by atoms with E-state index in [0.717, 1.165) is 19.3 Å². The summed E-state index contributed by atoms with van der Waals surface area (Å²) in [6.45, 7) is 8.28. The lowest BCUT2D eigenvalue weighted by Crippen LogP contribution is -2.41. The van der Waals surface area contributed by atoms with Crippen LogP contribution in [0.5, 0.6) is 0 Å². The molecule has 1 aliphatic carbocycles. The molecular formula is C16H23OPS2. The summed E-state index contributed by atoms with van der Waals surface area (Å²) in [5.74, 6) is -0.607. The zero-order valence-corrected chi connectivity index (χ0v) is 14.8. The Kier molecular flexibility index (Phi) is 5.53. The second kappa shape index (κ2) is 6.79. The summed E-state index contributed by atoms with van der Waals surface area (Å²) < 4.78 is -0.0994. The van der Waals surface area contributed by atoms with Crippen LogP contribution in [0.15, 0.2) is 42.5 Å². The maximum absolute atomic E-state index is 10.6. The number of hydrogen-bond donors (Lipinski definition) is 1. The molecule has 20 heavy (non-hydrogen) atoms. The average molecular weight is 326 g/mol. The van der Waals surface area contributed by atoms with Gasteiger partial charge in [-0.25, -0.2) is 0 Å². The van der Waals surface area contributed by atoms with E-state index in [4.69, 9.17) is 11.8 Å². The fraction of sp³-hybridized carbons (Fsp3) is 0.500. The van der Waals surface area contributed by atoms with Crippen LogP contribution in [-0.2, 0) is 11.8 Å². The molecule has 0 spiro atoms. The van der Waals surface area contributed by atoms with E-state index in [2.05, 4.69) is 32.6 Å². The number of aliphatic hydroxyl groups excluding tert-OH is 1. The van der Waals surface area contributed by atoms with Crippen LogP contribution >= 0.6 is 17.3 Å². The highest BCUT2D eigenvalue weighted by molar-refractivity contribution is 8.66. The Morgan fingerprint density at radius 1 is 1.45 bits per heavy atom. The van der Waals surface area contributed by atoms with Gasteiger partial charge in [0, 0.05) is 10.6 Å². The van der Waals surface area contributed by atoms with Crippen molar-refractivity contribution < 1.29 is 5.11 Å². The van der Waals surface area contributed by atoms with Gasteiger partial charge in [0.1, 0.15) is 0 Å². The minimum atomic E-state index is -1.08. The Morgan fingerprint density at radius 3 is 2.65 bits per heavy atom. The zero-order valence-electron chi connectivity index (χ0n) is 12.1. The van der Waals surface area contributed by atoms with Crippen LogP contribution in [0.4, 0.5) is 0 Å². The molecule has 1 fully saturated rings. The Morgan fingerprint density at radius 2 is 2.10 bits per heavy atom. The van der Waals surface area contributed by atoms with Crippen LogP contribution in [-0.4, -0.2) is 16.0 Å². The molecule has 2 rings (SSSR count). The lowest BCUT2D eigenvalue weighted by molar-refractivity contribution is 0.0803. The molecule has 1 aromatic carbocycles. The van der Waals surface area contributed by atoms with Crippen LogP contribution in [0.25, 0.3) is 0 Å². The van der Waals surface area contributed by atoms with Crippen LogP contribution in [0, 0.1) is 5.92 Å².